The van der Waals surface area contributed by atoms with Gasteiger partial charge in [-0.15, -0.1) is 11.3 Å². The Morgan fingerprint density at radius 1 is 0.476 bits per heavy atom. The summed E-state index contributed by atoms with van der Waals surface area (Å²) < 4.78 is 8.76. The molecule has 0 N–H and O–H groups in total. The van der Waals surface area contributed by atoms with Crippen molar-refractivity contribution in [3.8, 4) is 45.5 Å². The molecule has 0 bridgehead atoms. The van der Waals surface area contributed by atoms with Gasteiger partial charge in [0.05, 0.1) is 23.3 Å². The van der Waals surface area contributed by atoms with Gasteiger partial charge in [0.2, 0.25) is 0 Å². The van der Waals surface area contributed by atoms with E-state index in [1.54, 1.807) is 6.07 Å². The van der Waals surface area contributed by atoms with Gasteiger partial charge >= 0.3 is 0 Å². The van der Waals surface area contributed by atoms with Crippen LogP contribution in [0.4, 0.5) is 0 Å². The van der Waals surface area contributed by atoms with E-state index < -0.39 is 0 Å². The summed E-state index contributed by atoms with van der Waals surface area (Å²) in [4.78, 5) is 0. The number of furan rings is 1. The first-order valence-corrected chi connectivity index (χ1v) is 14.4. The molecule has 42 heavy (non-hydrogen) atoms. The van der Waals surface area contributed by atoms with Crippen molar-refractivity contribution >= 4 is 53.4 Å². The van der Waals surface area contributed by atoms with E-state index in [9.17, 15) is 10.5 Å². The average Bonchev–Trinajstić information content (AvgIpc) is 3.61. The Morgan fingerprint density at radius 2 is 1.19 bits per heavy atom. The SMILES string of the molecule is N#Cc1cccc(-c2c(-c3ccc4c(c3)oc3ccc(C#N)cc34)cccc2-c2ccc3c(c2)sc2ccccc23)c1. The molecule has 2 heterocycles. The Bertz CT molecular complexity index is 2450. The van der Waals surface area contributed by atoms with Crippen molar-refractivity contribution in [3.63, 3.8) is 0 Å². The summed E-state index contributed by atoms with van der Waals surface area (Å²) in [6.07, 6.45) is 0. The highest BCUT2D eigenvalue weighted by molar-refractivity contribution is 7.25. The first-order chi connectivity index (χ1) is 20.7. The second-order valence-electron chi connectivity index (χ2n) is 10.4. The number of thiophene rings is 1. The number of rotatable bonds is 3. The van der Waals surface area contributed by atoms with Gasteiger partial charge in [0.25, 0.3) is 0 Å². The Kier molecular flexibility index (Phi) is 5.44. The lowest BCUT2D eigenvalue weighted by molar-refractivity contribution is 0.669. The molecule has 0 aliphatic carbocycles. The van der Waals surface area contributed by atoms with Crippen LogP contribution in [0.25, 0.3) is 75.5 Å². The first kappa shape index (κ1) is 24.1. The third-order valence-corrected chi connectivity index (χ3v) is 9.08. The lowest BCUT2D eigenvalue weighted by atomic mass is 9.87. The molecule has 0 atom stereocenters. The zero-order valence-corrected chi connectivity index (χ0v) is 23.1. The van der Waals surface area contributed by atoms with E-state index in [-0.39, 0.29) is 0 Å². The molecule has 194 valence electrons. The number of hydrogen-bond acceptors (Lipinski definition) is 4. The Hall–Kier alpha value is -5.68. The fourth-order valence-corrected chi connectivity index (χ4v) is 7.14. The molecule has 0 unspecified atom stereocenters. The van der Waals surface area contributed by atoms with Crippen LogP contribution in [0.15, 0.2) is 126 Å². The van der Waals surface area contributed by atoms with Crippen LogP contribution in [0.1, 0.15) is 11.1 Å². The van der Waals surface area contributed by atoms with Crippen LogP contribution in [0, 0.1) is 22.7 Å². The van der Waals surface area contributed by atoms with Crippen LogP contribution in [0.2, 0.25) is 0 Å². The van der Waals surface area contributed by atoms with Crippen molar-refractivity contribution in [1.82, 2.24) is 0 Å². The van der Waals surface area contributed by atoms with Crippen LogP contribution in [0.5, 0.6) is 0 Å². The van der Waals surface area contributed by atoms with Crippen molar-refractivity contribution in [3.05, 3.63) is 132 Å². The third-order valence-electron chi connectivity index (χ3n) is 7.95. The Labute approximate surface area is 245 Å². The first-order valence-electron chi connectivity index (χ1n) is 13.6. The highest BCUT2D eigenvalue weighted by atomic mass is 32.1. The van der Waals surface area contributed by atoms with E-state index in [1.807, 2.05) is 41.7 Å². The van der Waals surface area contributed by atoms with Gasteiger partial charge in [-0.2, -0.15) is 10.5 Å². The maximum Gasteiger partial charge on any atom is 0.136 e. The molecule has 0 saturated carbocycles. The minimum Gasteiger partial charge on any atom is -0.456 e. The van der Waals surface area contributed by atoms with Crippen LogP contribution < -0.4 is 0 Å². The second-order valence-corrected chi connectivity index (χ2v) is 11.4. The molecule has 0 fully saturated rings. The van der Waals surface area contributed by atoms with E-state index in [1.165, 1.54) is 20.2 Å². The van der Waals surface area contributed by atoms with E-state index in [4.69, 9.17) is 4.42 Å². The lowest BCUT2D eigenvalue weighted by Crippen LogP contribution is -1.91. The molecule has 0 radical (unpaired) electrons. The molecule has 2 aromatic heterocycles. The van der Waals surface area contributed by atoms with Crippen LogP contribution >= 0.6 is 11.3 Å². The molecule has 8 aromatic rings. The van der Waals surface area contributed by atoms with Gasteiger partial charge < -0.3 is 4.42 Å². The van der Waals surface area contributed by atoms with E-state index in [0.717, 1.165) is 55.3 Å². The zero-order chi connectivity index (χ0) is 28.2. The van der Waals surface area contributed by atoms with Gasteiger partial charge in [0.15, 0.2) is 0 Å². The largest absolute Gasteiger partial charge is 0.456 e. The molecule has 3 nitrogen and oxygen atoms in total. The van der Waals surface area contributed by atoms with Crippen molar-refractivity contribution < 1.29 is 4.42 Å². The quantitative estimate of drug-likeness (QED) is 0.219. The molecule has 4 heteroatoms. The van der Waals surface area contributed by atoms with Gasteiger partial charge in [-0.3, -0.25) is 0 Å². The van der Waals surface area contributed by atoms with Crippen molar-refractivity contribution in [2.75, 3.05) is 0 Å². The average molecular weight is 553 g/mol. The highest BCUT2D eigenvalue weighted by Crippen LogP contribution is 2.44. The van der Waals surface area contributed by atoms with Crippen molar-refractivity contribution in [2.45, 2.75) is 0 Å². The van der Waals surface area contributed by atoms with Crippen molar-refractivity contribution in [2.24, 2.45) is 0 Å². The number of nitriles is 2. The predicted molar refractivity (Wildman–Crippen MR) is 172 cm³/mol. The van der Waals surface area contributed by atoms with Gasteiger partial charge in [-0.05, 0) is 88.0 Å². The summed E-state index contributed by atoms with van der Waals surface area (Å²) in [6, 6.07) is 45.8. The number of hydrogen-bond donors (Lipinski definition) is 0. The number of nitrogens with zero attached hydrogens (tertiary/aromatic N) is 2. The maximum atomic E-state index is 9.71. The standard InChI is InChI=1S/C38H20N2OS/c39-21-23-5-3-6-27(17-23)38-28(25-12-14-30-33-18-24(22-40)11-16-34(33)41-35(30)19-25)8-4-9-29(38)26-13-15-32-31-7-1-2-10-36(31)42-37(32)20-26/h1-20H. The van der Waals surface area contributed by atoms with E-state index in [0.29, 0.717) is 11.1 Å². The molecular formula is C38H20N2OS. The maximum absolute atomic E-state index is 9.71. The zero-order valence-electron chi connectivity index (χ0n) is 22.3. The summed E-state index contributed by atoms with van der Waals surface area (Å²) in [7, 11) is 0. The molecule has 6 aromatic carbocycles. The van der Waals surface area contributed by atoms with E-state index in [2.05, 4.69) is 97.1 Å². The number of benzene rings is 6. The minimum atomic E-state index is 0.609. The van der Waals surface area contributed by atoms with E-state index >= 15 is 0 Å². The molecule has 0 saturated heterocycles. The minimum absolute atomic E-state index is 0.609. The highest BCUT2D eigenvalue weighted by Gasteiger charge is 2.17. The Balaban J connectivity index is 1.37. The van der Waals surface area contributed by atoms with Gasteiger partial charge in [0.1, 0.15) is 11.2 Å². The molecule has 0 spiro atoms. The smallest absolute Gasteiger partial charge is 0.136 e. The summed E-state index contributed by atoms with van der Waals surface area (Å²) in [5, 5.41) is 23.6. The van der Waals surface area contributed by atoms with Crippen molar-refractivity contribution in [1.29, 1.82) is 10.5 Å². The van der Waals surface area contributed by atoms with Gasteiger partial charge in [-0.25, -0.2) is 0 Å². The van der Waals surface area contributed by atoms with Crippen LogP contribution in [0.3, 0.4) is 0 Å². The topological polar surface area (TPSA) is 60.7 Å². The lowest BCUT2D eigenvalue weighted by Gasteiger charge is -2.17. The van der Waals surface area contributed by atoms with Crippen LogP contribution in [-0.4, -0.2) is 0 Å². The Morgan fingerprint density at radius 3 is 2.02 bits per heavy atom. The molecule has 0 amide bonds. The van der Waals surface area contributed by atoms with Gasteiger partial charge in [0, 0.05) is 30.9 Å². The molecule has 0 aliphatic heterocycles. The summed E-state index contributed by atoms with van der Waals surface area (Å²) in [6.45, 7) is 0. The summed E-state index contributed by atoms with van der Waals surface area (Å²) in [5.74, 6) is 0. The predicted octanol–water partition coefficient (Wildman–Crippen LogP) is 10.7. The van der Waals surface area contributed by atoms with Gasteiger partial charge in [-0.1, -0.05) is 66.7 Å². The monoisotopic (exact) mass is 552 g/mol. The second kappa shape index (κ2) is 9.46. The molecular weight excluding hydrogens is 532 g/mol. The number of fused-ring (bicyclic) bond motifs is 6. The normalized spacial score (nSPS) is 11.3. The summed E-state index contributed by atoms with van der Waals surface area (Å²) >= 11 is 1.81. The fraction of sp³-hybridized carbons (Fsp3) is 0. The molecule has 8 rings (SSSR count). The molecule has 0 aliphatic rings. The third kappa shape index (κ3) is 3.79. The van der Waals surface area contributed by atoms with Crippen LogP contribution in [-0.2, 0) is 0 Å². The summed E-state index contributed by atoms with van der Waals surface area (Å²) in [5.41, 5.74) is 9.11. The fourth-order valence-electron chi connectivity index (χ4n) is 6.00.